The van der Waals surface area contributed by atoms with E-state index in [1.165, 1.54) is 122 Å². The molecular formula is C60H68Cl2SiZr-2. The van der Waals surface area contributed by atoms with E-state index in [-0.39, 0.29) is 41.1 Å². The van der Waals surface area contributed by atoms with Crippen LogP contribution in [0.3, 0.4) is 0 Å². The van der Waals surface area contributed by atoms with Crippen LogP contribution >= 0.6 is 0 Å². The van der Waals surface area contributed by atoms with Crippen LogP contribution in [-0.4, -0.2) is 5.43 Å². The van der Waals surface area contributed by atoms with Gasteiger partial charge in [0, 0.05) is 0 Å². The Labute approximate surface area is 414 Å². The van der Waals surface area contributed by atoms with Gasteiger partial charge in [-0.15, -0.1) is 44.8 Å². The van der Waals surface area contributed by atoms with E-state index in [0.717, 1.165) is 0 Å². The summed E-state index contributed by atoms with van der Waals surface area (Å²) in [5, 5.41) is 5.43. The fourth-order valence-corrected chi connectivity index (χ4v) is 8.99. The van der Waals surface area contributed by atoms with Crippen molar-refractivity contribution in [3.05, 3.63) is 177 Å². The smallest absolute Gasteiger partial charge is 0.0274 e. The van der Waals surface area contributed by atoms with Crippen LogP contribution in [-0.2, 0) is 34.2 Å². The van der Waals surface area contributed by atoms with E-state index in [9.17, 15) is 0 Å². The van der Waals surface area contributed by atoms with Crippen molar-refractivity contribution in [2.24, 2.45) is 0 Å². The van der Waals surface area contributed by atoms with Crippen LogP contribution < -0.4 is 24.8 Å². The quantitative estimate of drug-likeness (QED) is 0.122. The van der Waals surface area contributed by atoms with Crippen LogP contribution in [0.5, 0.6) is 0 Å². The number of benzene rings is 6. The predicted octanol–water partition coefficient (Wildman–Crippen LogP) is 11.6. The van der Waals surface area contributed by atoms with Crippen LogP contribution in [0.2, 0.25) is 13.1 Å². The molecule has 0 N–H and O–H groups in total. The SMILES string of the molecule is C[Si](C)=[Zr+2].Cc1cc(C)cc(-c2ccc(-c3cc(C)cc(C)c3)c3[cH-]c(C(C)(C)C)cc23)c1.Cc1cc(C)cc(-c2ccc(-c3cc(C)cc(C)c3)c3[cH-]c(C(C)(C)C)cc23)c1.[Cl-].[Cl-]. The average Bonchev–Trinajstić information content (AvgIpc) is 3.79. The van der Waals surface area contributed by atoms with Gasteiger partial charge in [-0.25, -0.2) is 0 Å². The van der Waals surface area contributed by atoms with E-state index < -0.39 is 0 Å². The number of rotatable bonds is 4. The van der Waals surface area contributed by atoms with Crippen LogP contribution in [0, 0.1) is 55.4 Å². The van der Waals surface area contributed by atoms with Crippen molar-refractivity contribution in [3.63, 3.8) is 0 Å². The molecular weight excluding hydrogens is 911 g/mol. The molecule has 64 heavy (non-hydrogen) atoms. The molecule has 0 aliphatic carbocycles. The zero-order chi connectivity index (χ0) is 45.4. The van der Waals surface area contributed by atoms with Gasteiger partial charge in [-0.1, -0.05) is 216 Å². The molecule has 8 aromatic rings. The standard InChI is InChI=1S/2C29H31.C2H6Si.2ClH.Zr/c2*1-18-10-19(2)13-22(12-18)25-8-9-26(23-14-20(3)11-21(4)15-23)28-17-24(16-27(25)28)29(5,6)7;1-3-2;;;/h2*8-17H,1-7H3;1-2H3;2*1H;/q2*-1;;;;+2/p-2. The molecule has 0 atom stereocenters. The summed E-state index contributed by atoms with van der Waals surface area (Å²) in [6.07, 6.45) is 0. The van der Waals surface area contributed by atoms with E-state index in [1.807, 2.05) is 0 Å². The first kappa shape index (κ1) is 52.8. The fourth-order valence-electron chi connectivity index (χ4n) is 8.99. The van der Waals surface area contributed by atoms with Crippen molar-refractivity contribution in [1.82, 2.24) is 0 Å². The summed E-state index contributed by atoms with van der Waals surface area (Å²) >= 11 is 1.74. The van der Waals surface area contributed by atoms with Crippen molar-refractivity contribution in [3.8, 4) is 44.5 Å². The van der Waals surface area contributed by atoms with Gasteiger partial charge in [0.1, 0.15) is 0 Å². The van der Waals surface area contributed by atoms with Crippen molar-refractivity contribution in [1.29, 1.82) is 0 Å². The third-order valence-electron chi connectivity index (χ3n) is 11.6. The first-order chi connectivity index (χ1) is 29.0. The molecule has 0 amide bonds. The molecule has 0 heterocycles. The van der Waals surface area contributed by atoms with Gasteiger partial charge in [-0.2, -0.15) is 12.1 Å². The Balaban J connectivity index is 0.000000252. The molecule has 0 saturated heterocycles. The van der Waals surface area contributed by atoms with Crippen LogP contribution in [0.1, 0.15) is 97.2 Å². The van der Waals surface area contributed by atoms with E-state index in [4.69, 9.17) is 0 Å². The molecule has 8 aromatic carbocycles. The van der Waals surface area contributed by atoms with Crippen molar-refractivity contribution in [2.75, 3.05) is 0 Å². The largest absolute Gasteiger partial charge is 1.00 e. The molecule has 0 aliphatic rings. The van der Waals surface area contributed by atoms with E-state index in [1.54, 1.807) is 23.3 Å². The molecule has 0 aromatic heterocycles. The van der Waals surface area contributed by atoms with Crippen LogP contribution in [0.15, 0.2) is 121 Å². The monoisotopic (exact) mass is 976 g/mol. The molecule has 0 saturated carbocycles. The van der Waals surface area contributed by atoms with Gasteiger partial charge in [-0.05, 0) is 77.3 Å². The summed E-state index contributed by atoms with van der Waals surface area (Å²) in [7, 11) is 0. The Kier molecular flexibility index (Phi) is 17.5. The average molecular weight is 979 g/mol. The Hall–Kier alpha value is -3.78. The Bertz CT molecular complexity index is 2480. The minimum atomic E-state index is 0. The molecule has 0 bridgehead atoms. The van der Waals surface area contributed by atoms with Gasteiger partial charge >= 0.3 is 41.9 Å². The maximum Gasteiger partial charge on any atom is -0.0274 e. The first-order valence-electron chi connectivity index (χ1n) is 22.3. The van der Waals surface area contributed by atoms with Gasteiger partial charge < -0.3 is 24.8 Å². The molecule has 0 aliphatic heterocycles. The predicted molar refractivity (Wildman–Crippen MR) is 274 cm³/mol. The van der Waals surface area contributed by atoms with Crippen LogP contribution in [0.25, 0.3) is 66.1 Å². The van der Waals surface area contributed by atoms with E-state index >= 15 is 0 Å². The van der Waals surface area contributed by atoms with Gasteiger partial charge in [0.05, 0.1) is 0 Å². The molecule has 8 rings (SSSR count). The number of aryl methyl sites for hydroxylation is 8. The zero-order valence-electron chi connectivity index (χ0n) is 41.3. The van der Waals surface area contributed by atoms with Gasteiger partial charge in [0.2, 0.25) is 0 Å². The molecule has 4 heteroatoms. The summed E-state index contributed by atoms with van der Waals surface area (Å²) in [4.78, 5) is 0. The maximum absolute atomic E-state index is 2.41. The summed E-state index contributed by atoms with van der Waals surface area (Å²) in [6, 6.07) is 46.4. The maximum atomic E-state index is 2.41. The number of halogens is 2. The molecule has 0 unspecified atom stereocenters. The van der Waals surface area contributed by atoms with E-state index in [2.05, 4.69) is 231 Å². The molecule has 0 fully saturated rings. The second-order valence-electron chi connectivity index (χ2n) is 20.5. The molecule has 332 valence electrons. The molecule has 0 spiro atoms. The molecule has 0 radical (unpaired) electrons. The topological polar surface area (TPSA) is 0 Å². The fraction of sp³-hybridized carbons (Fsp3) is 0.300. The number of fused-ring (bicyclic) bond motifs is 2. The van der Waals surface area contributed by atoms with Crippen molar-refractivity contribution >= 4 is 27.0 Å². The second kappa shape index (κ2) is 21.2. The zero-order valence-corrected chi connectivity index (χ0v) is 46.3. The second-order valence-corrected chi connectivity index (χ2v) is 29.8. The third kappa shape index (κ3) is 12.8. The van der Waals surface area contributed by atoms with Crippen molar-refractivity contribution < 1.29 is 48.1 Å². The minimum Gasteiger partial charge on any atom is -1.00 e. The summed E-state index contributed by atoms with van der Waals surface area (Å²) < 4.78 is 0. The normalized spacial score (nSPS) is 11.3. The van der Waals surface area contributed by atoms with E-state index in [0.29, 0.717) is 0 Å². The summed E-state index contributed by atoms with van der Waals surface area (Å²) in [5.41, 5.74) is 24.3. The first-order valence-corrected chi connectivity index (χ1v) is 28.5. The third-order valence-corrected chi connectivity index (χ3v) is 11.6. The Morgan fingerprint density at radius 2 is 0.562 bits per heavy atom. The number of hydrogen-bond acceptors (Lipinski definition) is 0. The summed E-state index contributed by atoms with van der Waals surface area (Å²) in [6.45, 7) is 35.9. The van der Waals surface area contributed by atoms with Crippen LogP contribution in [0.4, 0.5) is 0 Å². The number of hydrogen-bond donors (Lipinski definition) is 0. The Morgan fingerprint density at radius 3 is 0.781 bits per heavy atom. The minimum absolute atomic E-state index is 0. The summed E-state index contributed by atoms with van der Waals surface area (Å²) in [5.74, 6) is 0. The van der Waals surface area contributed by atoms with Gasteiger partial charge in [0.15, 0.2) is 0 Å². The van der Waals surface area contributed by atoms with Gasteiger partial charge in [-0.3, -0.25) is 0 Å². The molecule has 0 nitrogen and oxygen atoms in total. The Morgan fingerprint density at radius 1 is 0.359 bits per heavy atom. The van der Waals surface area contributed by atoms with Crippen molar-refractivity contribution in [2.45, 2.75) is 121 Å². The van der Waals surface area contributed by atoms with Gasteiger partial charge in [0.25, 0.3) is 0 Å².